The summed E-state index contributed by atoms with van der Waals surface area (Å²) in [4.78, 5) is 94.5. The molecule has 0 unspecified atom stereocenters. The first kappa shape index (κ1) is 42.6. The minimum atomic E-state index is -0.320. The van der Waals surface area contributed by atoms with Crippen molar-refractivity contribution in [2.45, 2.75) is 46.6 Å². The van der Waals surface area contributed by atoms with Gasteiger partial charge < -0.3 is 14.7 Å². The van der Waals surface area contributed by atoms with Gasteiger partial charge in [0.05, 0.1) is 63.1 Å². The van der Waals surface area contributed by atoms with Crippen molar-refractivity contribution < 1.29 is 14.4 Å². The first-order valence-electron chi connectivity index (χ1n) is 18.9. The van der Waals surface area contributed by atoms with Crippen LogP contribution in [0, 0.1) is 13.8 Å². The number of rotatable bonds is 13. The Bertz CT molecular complexity index is 2790. The lowest BCUT2D eigenvalue weighted by atomic mass is 10.0. The Morgan fingerprint density at radius 3 is 1.72 bits per heavy atom. The Labute approximate surface area is 350 Å². The highest BCUT2D eigenvalue weighted by molar-refractivity contribution is 6.31. The number of benzene rings is 3. The lowest BCUT2D eigenvalue weighted by Crippen LogP contribution is -2.29. The van der Waals surface area contributed by atoms with E-state index in [-0.39, 0.29) is 60.6 Å². The predicted octanol–water partition coefficient (Wildman–Crippen LogP) is 4.02. The second-order valence-corrected chi connectivity index (χ2v) is 15.3. The van der Waals surface area contributed by atoms with E-state index in [9.17, 15) is 28.8 Å². The molecule has 6 aromatic rings. The third-order valence-corrected chi connectivity index (χ3v) is 10.4. The number of amides is 3. The molecule has 0 fully saturated rings. The van der Waals surface area contributed by atoms with E-state index in [1.807, 2.05) is 26.0 Å². The van der Waals surface area contributed by atoms with Gasteiger partial charge in [-0.3, -0.25) is 42.5 Å². The zero-order chi connectivity index (χ0) is 43.2. The third kappa shape index (κ3) is 9.99. The molecular formula is C44H44ClN9O6. The van der Waals surface area contributed by atoms with E-state index in [2.05, 4.69) is 15.0 Å². The maximum Gasteiger partial charge on any atom is 0.254 e. The average molecular weight is 830 g/mol. The van der Waals surface area contributed by atoms with Crippen molar-refractivity contribution in [2.75, 3.05) is 28.2 Å². The smallest absolute Gasteiger partial charge is 0.254 e. The average Bonchev–Trinajstić information content (AvgIpc) is 3.21. The molecule has 3 amide bonds. The molecule has 3 heterocycles. The summed E-state index contributed by atoms with van der Waals surface area (Å²) in [5, 5.41) is 0.357. The fraction of sp³-hybridized carbons (Fsp3) is 0.250. The molecule has 6 rings (SSSR count). The number of hydrogen-bond donors (Lipinski definition) is 0. The van der Waals surface area contributed by atoms with Crippen LogP contribution in [-0.2, 0) is 32.7 Å². The summed E-state index contributed by atoms with van der Waals surface area (Å²) in [5.74, 6) is -0.688. The van der Waals surface area contributed by atoms with Crippen molar-refractivity contribution in [2.24, 2.45) is 0 Å². The Kier molecular flexibility index (Phi) is 13.0. The van der Waals surface area contributed by atoms with Gasteiger partial charge in [0, 0.05) is 74.3 Å². The first-order valence-corrected chi connectivity index (χ1v) is 19.3. The quantitative estimate of drug-likeness (QED) is 0.167. The molecule has 60 heavy (non-hydrogen) atoms. The molecule has 0 saturated heterocycles. The van der Waals surface area contributed by atoms with Crippen LogP contribution in [0.5, 0.6) is 0 Å². The molecule has 0 bridgehead atoms. The van der Waals surface area contributed by atoms with Gasteiger partial charge in [0.1, 0.15) is 0 Å². The van der Waals surface area contributed by atoms with Gasteiger partial charge in [-0.15, -0.1) is 0 Å². The van der Waals surface area contributed by atoms with Crippen molar-refractivity contribution in [1.29, 1.82) is 0 Å². The molecule has 0 radical (unpaired) electrons. The standard InChI is InChI=1S/C44H44ClN9O6/c1-28-16-31(8-10-33(28)21-53-25-46-14-13-39(53)55)43(59)50(5)23-35-18-40(56)52(26-47-35)20-30-7-12-37(29(2)15-30)44(60)51(6)24-36-19-41(57)54(27-48-36)22-34-11-9-32(17-38(34)45)42(58)49(3)4/h7-19,25-27H,20-24H2,1-6H3. The van der Waals surface area contributed by atoms with Crippen molar-refractivity contribution in [1.82, 2.24) is 43.4 Å². The third-order valence-electron chi connectivity index (χ3n) is 10.0. The molecule has 308 valence electrons. The molecule has 0 atom stereocenters. The molecule has 0 saturated carbocycles. The molecule has 0 aliphatic carbocycles. The van der Waals surface area contributed by atoms with Gasteiger partial charge in [-0.2, -0.15) is 0 Å². The van der Waals surface area contributed by atoms with Crippen LogP contribution in [-0.4, -0.2) is 89.3 Å². The second-order valence-electron chi connectivity index (χ2n) is 14.9. The van der Waals surface area contributed by atoms with Crippen LogP contribution >= 0.6 is 11.6 Å². The summed E-state index contributed by atoms with van der Waals surface area (Å²) in [6, 6.07) is 19.7. The topological polar surface area (TPSA) is 166 Å². The summed E-state index contributed by atoms with van der Waals surface area (Å²) in [6.07, 6.45) is 5.77. The van der Waals surface area contributed by atoms with E-state index in [1.54, 1.807) is 70.7 Å². The van der Waals surface area contributed by atoms with Gasteiger partial charge in [-0.1, -0.05) is 35.9 Å². The fourth-order valence-corrected chi connectivity index (χ4v) is 6.83. The highest BCUT2D eigenvalue weighted by Crippen LogP contribution is 2.20. The van der Waals surface area contributed by atoms with Crippen LogP contribution in [0.3, 0.4) is 0 Å². The van der Waals surface area contributed by atoms with Gasteiger partial charge in [0.2, 0.25) is 0 Å². The van der Waals surface area contributed by atoms with Crippen molar-refractivity contribution >= 4 is 29.3 Å². The maximum atomic E-state index is 13.5. The zero-order valence-corrected chi connectivity index (χ0v) is 34.9. The summed E-state index contributed by atoms with van der Waals surface area (Å²) >= 11 is 6.43. The molecule has 3 aromatic carbocycles. The molecule has 0 spiro atoms. The lowest BCUT2D eigenvalue weighted by molar-refractivity contribution is 0.0776. The number of carbonyl (C=O) groups excluding carboxylic acids is 3. The van der Waals surface area contributed by atoms with E-state index in [4.69, 9.17) is 11.6 Å². The van der Waals surface area contributed by atoms with Gasteiger partial charge in [0.25, 0.3) is 34.4 Å². The van der Waals surface area contributed by atoms with E-state index >= 15 is 0 Å². The summed E-state index contributed by atoms with van der Waals surface area (Å²) in [6.45, 7) is 4.60. The summed E-state index contributed by atoms with van der Waals surface area (Å²) < 4.78 is 4.34. The van der Waals surface area contributed by atoms with E-state index < -0.39 is 0 Å². The molecule has 3 aromatic heterocycles. The van der Waals surface area contributed by atoms with Crippen LogP contribution < -0.4 is 16.7 Å². The molecule has 0 aliphatic heterocycles. The Balaban J connectivity index is 1.04. The highest BCUT2D eigenvalue weighted by Gasteiger charge is 2.18. The molecular weight excluding hydrogens is 786 g/mol. The normalized spacial score (nSPS) is 11.0. The van der Waals surface area contributed by atoms with Crippen LogP contribution in [0.2, 0.25) is 5.02 Å². The van der Waals surface area contributed by atoms with Crippen LogP contribution in [0.15, 0.2) is 112 Å². The largest absolute Gasteiger partial charge is 0.345 e. The van der Waals surface area contributed by atoms with Gasteiger partial charge in [-0.05, 0) is 72.0 Å². The van der Waals surface area contributed by atoms with Crippen LogP contribution in [0.4, 0.5) is 0 Å². The van der Waals surface area contributed by atoms with E-state index in [0.717, 1.165) is 16.7 Å². The number of aryl methyl sites for hydroxylation is 2. The maximum absolute atomic E-state index is 13.5. The Morgan fingerprint density at radius 1 is 0.583 bits per heavy atom. The van der Waals surface area contributed by atoms with Crippen LogP contribution in [0.25, 0.3) is 0 Å². The van der Waals surface area contributed by atoms with Crippen LogP contribution in [0.1, 0.15) is 70.3 Å². The van der Waals surface area contributed by atoms with Crippen molar-refractivity contribution in [3.8, 4) is 0 Å². The number of carbonyl (C=O) groups is 3. The molecule has 0 N–H and O–H groups in total. The number of nitrogens with zero attached hydrogens (tertiary/aromatic N) is 9. The van der Waals surface area contributed by atoms with Gasteiger partial charge in [-0.25, -0.2) is 15.0 Å². The Morgan fingerprint density at radius 2 is 1.15 bits per heavy atom. The van der Waals surface area contributed by atoms with E-state index in [1.165, 1.54) is 71.8 Å². The second kappa shape index (κ2) is 18.3. The monoisotopic (exact) mass is 829 g/mol. The minimum absolute atomic E-state index is 0.0919. The van der Waals surface area contributed by atoms with Crippen molar-refractivity contribution in [3.63, 3.8) is 0 Å². The minimum Gasteiger partial charge on any atom is -0.345 e. The molecule has 0 aliphatic rings. The van der Waals surface area contributed by atoms with Crippen molar-refractivity contribution in [3.05, 3.63) is 190 Å². The predicted molar refractivity (Wildman–Crippen MR) is 226 cm³/mol. The van der Waals surface area contributed by atoms with E-state index in [0.29, 0.717) is 50.8 Å². The zero-order valence-electron chi connectivity index (χ0n) is 34.1. The summed E-state index contributed by atoms with van der Waals surface area (Å²) in [5.41, 5.74) is 5.31. The van der Waals surface area contributed by atoms with Gasteiger partial charge in [0.15, 0.2) is 0 Å². The number of halogens is 1. The Hall–Kier alpha value is -7.00. The highest BCUT2D eigenvalue weighted by atomic mass is 35.5. The fourth-order valence-electron chi connectivity index (χ4n) is 6.59. The van der Waals surface area contributed by atoms with Gasteiger partial charge >= 0.3 is 0 Å². The summed E-state index contributed by atoms with van der Waals surface area (Å²) in [7, 11) is 6.58. The number of aromatic nitrogens is 6. The molecule has 15 nitrogen and oxygen atoms in total. The lowest BCUT2D eigenvalue weighted by Gasteiger charge is -2.19. The first-order chi connectivity index (χ1) is 28.6. The molecule has 16 heteroatoms. The number of hydrogen-bond acceptors (Lipinski definition) is 9. The SMILES string of the molecule is Cc1cc(C(=O)N(C)Cc2cc(=O)n(Cc3ccc(C(=O)N(C)Cc4cc(=O)n(Cc5ccc(C(=O)N(C)C)cc5Cl)cn4)c(C)c3)cn2)ccc1Cn1cnccc1=O.